The Morgan fingerprint density at radius 1 is 1.44 bits per heavy atom. The van der Waals surface area contributed by atoms with E-state index in [9.17, 15) is 4.39 Å². The number of ether oxygens (including phenoxy) is 1. The maximum atomic E-state index is 12.5. The van der Waals surface area contributed by atoms with Crippen LogP contribution < -0.4 is 4.74 Å². The number of hydrogen-bond donors (Lipinski definition) is 0. The van der Waals surface area contributed by atoms with Crippen molar-refractivity contribution in [1.82, 2.24) is 0 Å². The summed E-state index contributed by atoms with van der Waals surface area (Å²) in [6.45, 7) is 6.17. The van der Waals surface area contributed by atoms with Gasteiger partial charge >= 0.3 is 0 Å². The van der Waals surface area contributed by atoms with Gasteiger partial charge in [0.2, 0.25) is 0 Å². The molecule has 16 heavy (non-hydrogen) atoms. The van der Waals surface area contributed by atoms with Gasteiger partial charge in [-0.2, -0.15) is 0 Å². The van der Waals surface area contributed by atoms with E-state index in [1.54, 1.807) is 0 Å². The first-order valence-electron chi connectivity index (χ1n) is 5.49. The van der Waals surface area contributed by atoms with Gasteiger partial charge in [-0.25, -0.2) is 0 Å². The van der Waals surface area contributed by atoms with E-state index < -0.39 is 6.67 Å². The van der Waals surface area contributed by atoms with E-state index in [4.69, 9.17) is 4.74 Å². The molecule has 0 saturated carbocycles. The summed E-state index contributed by atoms with van der Waals surface area (Å²) in [5.41, 5.74) is 0.904. The normalized spacial score (nSPS) is 12.5. The fraction of sp³-hybridized carbons (Fsp3) is 0.462. The third-order valence-corrected chi connectivity index (χ3v) is 2.94. The molecule has 0 aromatic heterocycles. The smallest absolute Gasteiger partial charge is 0.120 e. The standard InChI is InChI=1S/C13H17FIO/c1-3-4-5-16-13-7-11(10(2)9-14)6-12(15)8-13/h6-8,10H,2-5,9H2,1H3. The Balaban J connectivity index is 2.73. The quantitative estimate of drug-likeness (QED) is 0.555. The lowest BCUT2D eigenvalue weighted by atomic mass is 10.0. The predicted molar refractivity (Wildman–Crippen MR) is 73.6 cm³/mol. The van der Waals surface area contributed by atoms with Gasteiger partial charge in [0.1, 0.15) is 5.75 Å². The van der Waals surface area contributed by atoms with Crippen LogP contribution in [0.5, 0.6) is 5.75 Å². The van der Waals surface area contributed by atoms with Crippen molar-refractivity contribution in [3.63, 3.8) is 0 Å². The van der Waals surface area contributed by atoms with Crippen LogP contribution in [0.4, 0.5) is 4.39 Å². The minimum absolute atomic E-state index is 0.303. The van der Waals surface area contributed by atoms with Crippen molar-refractivity contribution in [1.29, 1.82) is 0 Å². The van der Waals surface area contributed by atoms with Crippen molar-refractivity contribution in [3.8, 4) is 5.75 Å². The van der Waals surface area contributed by atoms with Crippen molar-refractivity contribution >= 4 is 22.6 Å². The second-order valence-corrected chi connectivity index (χ2v) is 5.02. The highest BCUT2D eigenvalue weighted by atomic mass is 127. The molecular weight excluding hydrogens is 318 g/mol. The van der Waals surface area contributed by atoms with E-state index in [1.165, 1.54) is 0 Å². The molecule has 1 nitrogen and oxygen atoms in total. The topological polar surface area (TPSA) is 9.23 Å². The first kappa shape index (κ1) is 13.7. The van der Waals surface area contributed by atoms with Gasteiger partial charge in [-0.3, -0.25) is 4.39 Å². The second kappa shape index (κ2) is 7.09. The molecule has 1 atom stereocenters. The molecule has 0 spiro atoms. The predicted octanol–water partition coefficient (Wildman–Crippen LogP) is 4.36. The third kappa shape index (κ3) is 4.28. The van der Waals surface area contributed by atoms with Crippen LogP contribution in [-0.2, 0) is 0 Å². The van der Waals surface area contributed by atoms with Crippen molar-refractivity contribution in [2.75, 3.05) is 13.3 Å². The summed E-state index contributed by atoms with van der Waals surface area (Å²) < 4.78 is 19.2. The molecule has 0 saturated heterocycles. The molecule has 0 amide bonds. The fourth-order valence-corrected chi connectivity index (χ4v) is 1.99. The van der Waals surface area contributed by atoms with Gasteiger partial charge in [-0.1, -0.05) is 13.3 Å². The first-order chi connectivity index (χ1) is 7.67. The van der Waals surface area contributed by atoms with Crippen molar-refractivity contribution in [3.05, 3.63) is 34.3 Å². The molecular formula is C13H17FIO. The van der Waals surface area contributed by atoms with Crippen LogP contribution in [0.15, 0.2) is 18.2 Å². The van der Waals surface area contributed by atoms with Crippen LogP contribution in [0.1, 0.15) is 31.2 Å². The molecule has 1 aromatic carbocycles. The van der Waals surface area contributed by atoms with Gasteiger partial charge in [0, 0.05) is 9.49 Å². The second-order valence-electron chi connectivity index (χ2n) is 3.77. The molecule has 0 heterocycles. The molecule has 0 fully saturated rings. The molecule has 1 rings (SSSR count). The van der Waals surface area contributed by atoms with Crippen LogP contribution in [0.25, 0.3) is 0 Å². The maximum absolute atomic E-state index is 12.5. The molecule has 0 N–H and O–H groups in total. The Labute approximate surface area is 111 Å². The zero-order valence-corrected chi connectivity index (χ0v) is 11.7. The summed E-state index contributed by atoms with van der Waals surface area (Å²) in [5.74, 6) is 0.515. The molecule has 1 unspecified atom stereocenters. The van der Waals surface area contributed by atoms with Crippen LogP contribution in [-0.4, -0.2) is 13.3 Å². The van der Waals surface area contributed by atoms with Crippen molar-refractivity contribution in [2.24, 2.45) is 0 Å². The van der Waals surface area contributed by atoms with Crippen molar-refractivity contribution < 1.29 is 9.13 Å². The van der Waals surface area contributed by atoms with Crippen LogP contribution >= 0.6 is 22.6 Å². The largest absolute Gasteiger partial charge is 0.494 e. The SMILES string of the molecule is [CH2]C(CF)c1cc(I)cc(OCCCC)c1. The van der Waals surface area contributed by atoms with E-state index in [-0.39, 0.29) is 5.92 Å². The molecule has 3 heteroatoms. The third-order valence-electron chi connectivity index (χ3n) is 2.32. The summed E-state index contributed by atoms with van der Waals surface area (Å²) in [7, 11) is 0. The summed E-state index contributed by atoms with van der Waals surface area (Å²) in [6, 6.07) is 5.80. The number of rotatable bonds is 6. The molecule has 0 aliphatic rings. The Morgan fingerprint density at radius 3 is 2.81 bits per heavy atom. The average molecular weight is 335 g/mol. The van der Waals surface area contributed by atoms with Crippen LogP contribution in [0, 0.1) is 10.5 Å². The fourth-order valence-electron chi connectivity index (χ4n) is 1.33. The van der Waals surface area contributed by atoms with E-state index in [0.29, 0.717) is 6.61 Å². The molecule has 1 radical (unpaired) electrons. The molecule has 0 aliphatic carbocycles. The number of alkyl halides is 1. The van der Waals surface area contributed by atoms with Crippen LogP contribution in [0.2, 0.25) is 0 Å². The highest BCUT2D eigenvalue weighted by Crippen LogP contribution is 2.24. The Hall–Kier alpha value is -0.320. The lowest BCUT2D eigenvalue weighted by Gasteiger charge is -2.11. The highest BCUT2D eigenvalue weighted by Gasteiger charge is 2.08. The average Bonchev–Trinajstić information content (AvgIpc) is 2.27. The zero-order chi connectivity index (χ0) is 12.0. The summed E-state index contributed by atoms with van der Waals surface area (Å²) >= 11 is 2.21. The van der Waals surface area contributed by atoms with E-state index in [1.807, 2.05) is 18.2 Å². The lowest BCUT2D eigenvalue weighted by Crippen LogP contribution is -2.00. The van der Waals surface area contributed by atoms with Gasteiger partial charge in [0.25, 0.3) is 0 Å². The van der Waals surface area contributed by atoms with E-state index in [2.05, 4.69) is 36.4 Å². The summed E-state index contributed by atoms with van der Waals surface area (Å²) in [5, 5.41) is 0. The minimum Gasteiger partial charge on any atom is -0.494 e. The minimum atomic E-state index is -0.436. The summed E-state index contributed by atoms with van der Waals surface area (Å²) in [4.78, 5) is 0. The lowest BCUT2D eigenvalue weighted by molar-refractivity contribution is 0.308. The highest BCUT2D eigenvalue weighted by molar-refractivity contribution is 14.1. The molecule has 0 bridgehead atoms. The molecule has 89 valence electrons. The van der Waals surface area contributed by atoms with E-state index >= 15 is 0 Å². The van der Waals surface area contributed by atoms with Gasteiger partial charge in [0.05, 0.1) is 13.3 Å². The monoisotopic (exact) mass is 335 g/mol. The van der Waals surface area contributed by atoms with Gasteiger partial charge in [-0.05, 0) is 59.7 Å². The number of benzene rings is 1. The number of halogens is 2. The van der Waals surface area contributed by atoms with Crippen LogP contribution in [0.3, 0.4) is 0 Å². The molecule has 0 aliphatic heterocycles. The van der Waals surface area contributed by atoms with Gasteiger partial charge in [0.15, 0.2) is 0 Å². The maximum Gasteiger partial charge on any atom is 0.120 e. The molecule has 1 aromatic rings. The Kier molecular flexibility index (Phi) is 6.09. The van der Waals surface area contributed by atoms with Crippen molar-refractivity contribution in [2.45, 2.75) is 25.7 Å². The first-order valence-corrected chi connectivity index (χ1v) is 6.57. The summed E-state index contributed by atoms with van der Waals surface area (Å²) in [6.07, 6.45) is 2.15. The van der Waals surface area contributed by atoms with Gasteiger partial charge in [-0.15, -0.1) is 0 Å². The zero-order valence-electron chi connectivity index (χ0n) is 9.51. The Bertz CT molecular complexity index is 328. The van der Waals surface area contributed by atoms with Gasteiger partial charge < -0.3 is 4.74 Å². The van der Waals surface area contributed by atoms with E-state index in [0.717, 1.165) is 27.7 Å². The number of hydrogen-bond acceptors (Lipinski definition) is 1. The Morgan fingerprint density at radius 2 is 2.19 bits per heavy atom. The number of unbranched alkanes of at least 4 members (excludes halogenated alkanes) is 1.